The van der Waals surface area contributed by atoms with E-state index in [0.717, 1.165) is 23.8 Å². The van der Waals surface area contributed by atoms with E-state index < -0.39 is 5.91 Å². The number of carbonyl (C=O) groups excluding carboxylic acids is 2. The van der Waals surface area contributed by atoms with Gasteiger partial charge in [-0.05, 0) is 43.5 Å². The topological polar surface area (TPSA) is 83.1 Å². The van der Waals surface area contributed by atoms with Crippen LogP contribution in [0.2, 0.25) is 10.0 Å². The van der Waals surface area contributed by atoms with Crippen molar-refractivity contribution in [2.75, 3.05) is 10.6 Å². The third kappa shape index (κ3) is 4.13. The highest BCUT2D eigenvalue weighted by molar-refractivity contribution is 6.40. The van der Waals surface area contributed by atoms with Gasteiger partial charge in [-0.1, -0.05) is 41.4 Å². The molecule has 2 aromatic carbocycles. The smallest absolute Gasteiger partial charge is 0.319 e. The van der Waals surface area contributed by atoms with Gasteiger partial charge in [0.1, 0.15) is 0 Å². The molecule has 6 nitrogen and oxygen atoms in total. The minimum atomic E-state index is -0.434. The van der Waals surface area contributed by atoms with Crippen LogP contribution >= 0.6 is 23.2 Å². The number of pyridine rings is 1. The number of nitrogens with zero attached hydrogens (tertiary/aromatic N) is 1. The minimum absolute atomic E-state index is 0.196. The average molecular weight is 429 g/mol. The maximum absolute atomic E-state index is 12.8. The predicted molar refractivity (Wildman–Crippen MR) is 116 cm³/mol. The van der Waals surface area contributed by atoms with E-state index in [9.17, 15) is 9.59 Å². The molecule has 148 valence electrons. The summed E-state index contributed by atoms with van der Waals surface area (Å²) < 4.78 is 0. The predicted octanol–water partition coefficient (Wildman–Crippen LogP) is 5.39. The molecule has 0 aliphatic heterocycles. The number of rotatable bonds is 4. The molecule has 0 bridgehead atoms. The van der Waals surface area contributed by atoms with Crippen LogP contribution in [-0.2, 0) is 0 Å². The van der Waals surface area contributed by atoms with E-state index in [1.54, 1.807) is 36.5 Å². The van der Waals surface area contributed by atoms with Crippen LogP contribution in [-0.4, -0.2) is 23.0 Å². The molecule has 3 amide bonds. The lowest BCUT2D eigenvalue weighted by molar-refractivity contribution is 0.102. The number of amides is 3. The Labute approximate surface area is 177 Å². The number of urea groups is 1. The molecule has 1 aliphatic carbocycles. The van der Waals surface area contributed by atoms with Crippen molar-refractivity contribution >= 4 is 57.4 Å². The number of para-hydroxylation sites is 1. The molecule has 0 saturated heterocycles. The number of benzene rings is 2. The molecular weight excluding hydrogens is 411 g/mol. The second kappa shape index (κ2) is 7.89. The molecule has 0 unspecified atom stereocenters. The van der Waals surface area contributed by atoms with Crippen LogP contribution in [0.25, 0.3) is 10.9 Å². The van der Waals surface area contributed by atoms with Crippen LogP contribution in [0.4, 0.5) is 16.2 Å². The van der Waals surface area contributed by atoms with Gasteiger partial charge in [0, 0.05) is 17.6 Å². The van der Waals surface area contributed by atoms with Crippen molar-refractivity contribution in [1.29, 1.82) is 0 Å². The highest BCUT2D eigenvalue weighted by Crippen LogP contribution is 2.32. The van der Waals surface area contributed by atoms with E-state index in [-0.39, 0.29) is 27.7 Å². The Bertz CT molecular complexity index is 1110. The van der Waals surface area contributed by atoms with Gasteiger partial charge in [-0.3, -0.25) is 9.78 Å². The lowest BCUT2D eigenvalue weighted by Gasteiger charge is -2.15. The Kier molecular flexibility index (Phi) is 5.30. The number of anilines is 2. The lowest BCUT2D eigenvalue weighted by atomic mass is 10.1. The second-order valence-electron chi connectivity index (χ2n) is 6.94. The summed E-state index contributed by atoms with van der Waals surface area (Å²) >= 11 is 12.3. The lowest BCUT2D eigenvalue weighted by Crippen LogP contribution is -2.30. The molecule has 4 rings (SSSR count). The van der Waals surface area contributed by atoms with Gasteiger partial charge in [-0.15, -0.1) is 0 Å². The van der Waals surface area contributed by atoms with E-state index >= 15 is 0 Å². The first kappa shape index (κ1) is 19.5. The number of hydrogen-bond donors (Lipinski definition) is 3. The molecule has 3 N–H and O–H groups in total. The molecule has 29 heavy (non-hydrogen) atoms. The molecule has 0 radical (unpaired) electrons. The van der Waals surface area contributed by atoms with Crippen molar-refractivity contribution in [1.82, 2.24) is 10.3 Å². The normalized spacial score (nSPS) is 13.2. The zero-order valence-corrected chi connectivity index (χ0v) is 17.1. The first-order valence-corrected chi connectivity index (χ1v) is 9.91. The molecule has 1 aromatic heterocycles. The summed E-state index contributed by atoms with van der Waals surface area (Å²) in [7, 11) is 0. The maximum Gasteiger partial charge on any atom is 0.319 e. The Morgan fingerprint density at radius 1 is 1.03 bits per heavy atom. The quantitative estimate of drug-likeness (QED) is 0.520. The van der Waals surface area contributed by atoms with Gasteiger partial charge in [-0.25, -0.2) is 4.79 Å². The molecule has 1 heterocycles. The minimum Gasteiger partial charge on any atom is -0.335 e. The van der Waals surface area contributed by atoms with Crippen LogP contribution in [0.3, 0.4) is 0 Å². The van der Waals surface area contributed by atoms with Crippen LogP contribution < -0.4 is 16.0 Å². The van der Waals surface area contributed by atoms with Crippen molar-refractivity contribution in [2.45, 2.75) is 25.8 Å². The van der Waals surface area contributed by atoms with Gasteiger partial charge in [0.05, 0.1) is 32.5 Å². The Hall–Kier alpha value is -2.83. The van der Waals surface area contributed by atoms with E-state index in [1.165, 1.54) is 0 Å². The highest BCUT2D eigenvalue weighted by atomic mass is 35.5. The number of fused-ring (bicyclic) bond motifs is 1. The van der Waals surface area contributed by atoms with Gasteiger partial charge in [0.2, 0.25) is 0 Å². The van der Waals surface area contributed by atoms with Crippen LogP contribution in [0, 0.1) is 6.92 Å². The summed E-state index contributed by atoms with van der Waals surface area (Å²) in [6, 6.07) is 10.3. The molecule has 1 fully saturated rings. The number of carbonyl (C=O) groups is 2. The number of hydrogen-bond acceptors (Lipinski definition) is 3. The standard InChI is InChI=1S/C21H18Cl2N4O2/c1-11-10-24-19-13(18(11)27-21(29)25-12-8-9-12)4-2-7-16(19)26-20(28)17-14(22)5-3-6-15(17)23/h2-7,10,12H,8-9H2,1H3,(H,26,28)(H2,24,25,27,29). The summed E-state index contributed by atoms with van der Waals surface area (Å²) in [5, 5.41) is 9.89. The molecule has 0 spiro atoms. The Morgan fingerprint density at radius 2 is 1.72 bits per heavy atom. The van der Waals surface area contributed by atoms with Crippen molar-refractivity contribution in [3.63, 3.8) is 0 Å². The van der Waals surface area contributed by atoms with Gasteiger partial charge in [0.15, 0.2) is 0 Å². The third-order valence-corrected chi connectivity index (χ3v) is 5.31. The Balaban J connectivity index is 1.68. The first-order chi connectivity index (χ1) is 13.9. The summed E-state index contributed by atoms with van der Waals surface area (Å²) in [5.41, 5.74) is 2.72. The van der Waals surface area contributed by atoms with Crippen LogP contribution in [0.5, 0.6) is 0 Å². The number of nitrogens with one attached hydrogen (secondary N) is 3. The van der Waals surface area contributed by atoms with E-state index in [0.29, 0.717) is 16.9 Å². The molecule has 0 atom stereocenters. The van der Waals surface area contributed by atoms with Gasteiger partial charge in [-0.2, -0.15) is 0 Å². The van der Waals surface area contributed by atoms with Crippen molar-refractivity contribution in [3.8, 4) is 0 Å². The first-order valence-electron chi connectivity index (χ1n) is 9.15. The zero-order valence-electron chi connectivity index (χ0n) is 15.6. The number of aryl methyl sites for hydroxylation is 1. The Morgan fingerprint density at radius 3 is 2.41 bits per heavy atom. The van der Waals surface area contributed by atoms with E-state index in [4.69, 9.17) is 23.2 Å². The second-order valence-corrected chi connectivity index (χ2v) is 7.76. The highest BCUT2D eigenvalue weighted by Gasteiger charge is 2.24. The third-order valence-electron chi connectivity index (χ3n) is 4.68. The van der Waals surface area contributed by atoms with E-state index in [1.807, 2.05) is 13.0 Å². The zero-order chi connectivity index (χ0) is 20.5. The average Bonchev–Trinajstić information content (AvgIpc) is 3.48. The fourth-order valence-corrected chi connectivity index (χ4v) is 3.62. The van der Waals surface area contributed by atoms with Crippen molar-refractivity contribution in [3.05, 3.63) is 63.8 Å². The van der Waals surface area contributed by atoms with Gasteiger partial charge >= 0.3 is 6.03 Å². The fourth-order valence-electron chi connectivity index (χ4n) is 3.05. The molecule has 1 aliphatic rings. The summed E-state index contributed by atoms with van der Waals surface area (Å²) in [6.07, 6.45) is 3.67. The van der Waals surface area contributed by atoms with Crippen LogP contribution in [0.15, 0.2) is 42.6 Å². The van der Waals surface area contributed by atoms with Crippen LogP contribution in [0.1, 0.15) is 28.8 Å². The number of halogens is 2. The van der Waals surface area contributed by atoms with Crippen molar-refractivity contribution in [2.24, 2.45) is 0 Å². The molecule has 3 aromatic rings. The molecular formula is C21H18Cl2N4O2. The summed E-state index contributed by atoms with van der Waals surface area (Å²) in [4.78, 5) is 29.5. The molecule has 1 saturated carbocycles. The van der Waals surface area contributed by atoms with Gasteiger partial charge < -0.3 is 16.0 Å². The van der Waals surface area contributed by atoms with Crippen molar-refractivity contribution < 1.29 is 9.59 Å². The van der Waals surface area contributed by atoms with Gasteiger partial charge in [0.25, 0.3) is 5.91 Å². The summed E-state index contributed by atoms with van der Waals surface area (Å²) in [5.74, 6) is -0.434. The number of aromatic nitrogens is 1. The fraction of sp³-hybridized carbons (Fsp3) is 0.190. The molecule has 8 heteroatoms. The van der Waals surface area contributed by atoms with E-state index in [2.05, 4.69) is 20.9 Å². The SMILES string of the molecule is Cc1cnc2c(NC(=O)c3c(Cl)cccc3Cl)cccc2c1NC(=O)NC1CC1. The largest absolute Gasteiger partial charge is 0.335 e. The summed E-state index contributed by atoms with van der Waals surface area (Å²) in [6.45, 7) is 1.87. The monoisotopic (exact) mass is 428 g/mol. The maximum atomic E-state index is 12.8.